The summed E-state index contributed by atoms with van der Waals surface area (Å²) in [6.45, 7) is 2.27. The van der Waals surface area contributed by atoms with E-state index in [1.807, 2.05) is 0 Å². The zero-order valence-corrected chi connectivity index (χ0v) is 10.0. The van der Waals surface area contributed by atoms with Crippen molar-refractivity contribution in [2.24, 2.45) is 0 Å². The molecule has 0 aliphatic carbocycles. The molecule has 0 saturated carbocycles. The van der Waals surface area contributed by atoms with E-state index >= 15 is 0 Å². The molecule has 59 valence electrons. The minimum atomic E-state index is 1.37. The molecule has 0 nitrogen and oxygen atoms in total. The molecule has 0 fully saturated rings. The van der Waals surface area contributed by atoms with Crippen molar-refractivity contribution in [1.29, 1.82) is 0 Å². The van der Waals surface area contributed by atoms with Gasteiger partial charge in [-0.1, -0.05) is 0 Å². The molecule has 0 rings (SSSR count). The van der Waals surface area contributed by atoms with Gasteiger partial charge in [-0.25, -0.2) is 0 Å². The normalized spacial score (nSPS) is 10.2. The number of unbranched alkanes of at least 4 members (excludes halogenated alkanes) is 6. The molecule has 0 bridgehead atoms. The monoisotopic (exact) mass is 247 g/mol. The van der Waals surface area contributed by atoms with Crippen LogP contribution in [0, 0.1) is 0 Å². The van der Waals surface area contributed by atoms with Crippen molar-refractivity contribution in [3.63, 3.8) is 0 Å². The Morgan fingerprint density at radius 2 is 1.30 bits per heavy atom. The SMILES string of the molecule is CCCCCCCC[CH2][Sn]. The van der Waals surface area contributed by atoms with E-state index in [0.29, 0.717) is 0 Å². The van der Waals surface area contributed by atoms with Crippen LogP contribution in [0.4, 0.5) is 0 Å². The predicted molar refractivity (Wildman–Crippen MR) is 48.6 cm³/mol. The fourth-order valence-electron chi connectivity index (χ4n) is 1.08. The fraction of sp³-hybridized carbons (Fsp3) is 1.00. The molecule has 1 heteroatoms. The zero-order valence-electron chi connectivity index (χ0n) is 7.16. The summed E-state index contributed by atoms with van der Waals surface area (Å²) in [6.07, 6.45) is 10.2. The van der Waals surface area contributed by atoms with Crippen LogP contribution < -0.4 is 0 Å². The van der Waals surface area contributed by atoms with Gasteiger partial charge >= 0.3 is 78.8 Å². The zero-order chi connectivity index (χ0) is 7.66. The van der Waals surface area contributed by atoms with Crippen LogP contribution in [0.1, 0.15) is 51.9 Å². The quantitative estimate of drug-likeness (QED) is 0.477. The molecule has 0 spiro atoms. The summed E-state index contributed by atoms with van der Waals surface area (Å²) in [5, 5.41) is 0. The van der Waals surface area contributed by atoms with Gasteiger partial charge in [-0.05, 0) is 0 Å². The van der Waals surface area contributed by atoms with Gasteiger partial charge in [0.2, 0.25) is 0 Å². The van der Waals surface area contributed by atoms with E-state index < -0.39 is 0 Å². The Hall–Kier alpha value is 0.799. The van der Waals surface area contributed by atoms with Crippen molar-refractivity contribution in [2.45, 2.75) is 56.3 Å². The third-order valence-electron chi connectivity index (χ3n) is 1.78. The Balaban J connectivity index is 2.65. The maximum absolute atomic E-state index is 2.27. The van der Waals surface area contributed by atoms with E-state index in [1.165, 1.54) is 49.4 Å². The van der Waals surface area contributed by atoms with E-state index in [1.54, 1.807) is 22.5 Å². The van der Waals surface area contributed by atoms with Crippen LogP contribution in [0.25, 0.3) is 0 Å². The van der Waals surface area contributed by atoms with Crippen LogP contribution in [-0.4, -0.2) is 22.5 Å². The summed E-state index contributed by atoms with van der Waals surface area (Å²) in [6, 6.07) is 0. The summed E-state index contributed by atoms with van der Waals surface area (Å²) in [5.41, 5.74) is 0. The molecule has 0 aromatic rings. The van der Waals surface area contributed by atoms with Gasteiger partial charge in [0.05, 0.1) is 0 Å². The summed E-state index contributed by atoms with van der Waals surface area (Å²) in [4.78, 5) is 0. The van der Waals surface area contributed by atoms with Crippen molar-refractivity contribution >= 4 is 22.5 Å². The third kappa shape index (κ3) is 8.80. The molecule has 0 saturated heterocycles. The van der Waals surface area contributed by atoms with Crippen molar-refractivity contribution in [3.8, 4) is 0 Å². The second kappa shape index (κ2) is 9.80. The average molecular weight is 246 g/mol. The molecule has 0 aromatic carbocycles. The third-order valence-corrected chi connectivity index (χ3v) is 2.79. The van der Waals surface area contributed by atoms with Crippen LogP contribution in [0.15, 0.2) is 0 Å². The molecule has 0 aromatic heterocycles. The van der Waals surface area contributed by atoms with Gasteiger partial charge in [-0.2, -0.15) is 0 Å². The second-order valence-corrected chi connectivity index (χ2v) is 4.30. The molecule has 0 unspecified atom stereocenters. The summed E-state index contributed by atoms with van der Waals surface area (Å²) in [7, 11) is 0. The molecule has 0 heterocycles. The van der Waals surface area contributed by atoms with Crippen molar-refractivity contribution < 1.29 is 0 Å². The van der Waals surface area contributed by atoms with Crippen molar-refractivity contribution in [2.75, 3.05) is 0 Å². The summed E-state index contributed by atoms with van der Waals surface area (Å²) < 4.78 is 1.46. The van der Waals surface area contributed by atoms with Crippen LogP contribution in [0.2, 0.25) is 4.44 Å². The number of hydrogen-bond acceptors (Lipinski definition) is 0. The molecular weight excluding hydrogens is 227 g/mol. The van der Waals surface area contributed by atoms with Crippen LogP contribution in [0.5, 0.6) is 0 Å². The molecular formula is C9H19Sn. The van der Waals surface area contributed by atoms with E-state index in [-0.39, 0.29) is 0 Å². The van der Waals surface area contributed by atoms with E-state index in [4.69, 9.17) is 0 Å². The van der Waals surface area contributed by atoms with E-state index in [0.717, 1.165) is 0 Å². The molecule has 3 radical (unpaired) electrons. The van der Waals surface area contributed by atoms with Crippen molar-refractivity contribution in [1.82, 2.24) is 0 Å². The summed E-state index contributed by atoms with van der Waals surface area (Å²) in [5.74, 6) is 0. The molecule has 0 aliphatic rings. The Morgan fingerprint density at radius 1 is 0.800 bits per heavy atom. The van der Waals surface area contributed by atoms with Gasteiger partial charge in [-0.3, -0.25) is 0 Å². The van der Waals surface area contributed by atoms with Gasteiger partial charge in [-0.15, -0.1) is 0 Å². The van der Waals surface area contributed by atoms with Crippen molar-refractivity contribution in [3.05, 3.63) is 0 Å². The first-order chi connectivity index (χ1) is 4.91. The van der Waals surface area contributed by atoms with Gasteiger partial charge in [0.25, 0.3) is 0 Å². The molecule has 0 atom stereocenters. The van der Waals surface area contributed by atoms with Gasteiger partial charge in [0.1, 0.15) is 0 Å². The molecule has 10 heavy (non-hydrogen) atoms. The van der Waals surface area contributed by atoms with E-state index in [9.17, 15) is 0 Å². The Kier molecular flexibility index (Phi) is 10.6. The summed E-state index contributed by atoms with van der Waals surface area (Å²) >= 11 is 1.71. The van der Waals surface area contributed by atoms with E-state index in [2.05, 4.69) is 6.92 Å². The standard InChI is InChI=1S/C9H19.Sn/c1-3-5-7-9-8-6-4-2;/h1,3-9H2,2H3;. The molecule has 0 N–H and O–H groups in total. The molecule has 0 amide bonds. The average Bonchev–Trinajstić information content (AvgIpc) is 1.97. The van der Waals surface area contributed by atoms with Crippen LogP contribution in [-0.2, 0) is 0 Å². The van der Waals surface area contributed by atoms with Crippen LogP contribution >= 0.6 is 0 Å². The first-order valence-corrected chi connectivity index (χ1v) is 6.58. The van der Waals surface area contributed by atoms with Gasteiger partial charge in [0.15, 0.2) is 0 Å². The predicted octanol–water partition coefficient (Wildman–Crippen LogP) is 3.32. The Labute approximate surface area is 78.9 Å². The topological polar surface area (TPSA) is 0 Å². The van der Waals surface area contributed by atoms with Gasteiger partial charge < -0.3 is 0 Å². The molecule has 0 aliphatic heterocycles. The number of rotatable bonds is 7. The fourth-order valence-corrected chi connectivity index (χ4v) is 1.80. The minimum absolute atomic E-state index is 1.37. The van der Waals surface area contributed by atoms with Gasteiger partial charge in [0, 0.05) is 0 Å². The number of hydrogen-bond donors (Lipinski definition) is 0. The first kappa shape index (κ1) is 10.8. The Morgan fingerprint density at radius 3 is 1.80 bits per heavy atom. The maximum atomic E-state index is 2.27. The van der Waals surface area contributed by atoms with Crippen LogP contribution in [0.3, 0.4) is 0 Å². The first-order valence-electron chi connectivity index (χ1n) is 4.56. The Bertz CT molecular complexity index is 44.7. The second-order valence-electron chi connectivity index (χ2n) is 2.87.